The molecule has 6 nitrogen and oxygen atoms in total. The lowest BCUT2D eigenvalue weighted by Gasteiger charge is -2.30. The Morgan fingerprint density at radius 1 is 0.935 bits per heavy atom. The van der Waals surface area contributed by atoms with Gasteiger partial charge in [0.25, 0.3) is 11.8 Å². The second kappa shape index (κ2) is 8.63. The average Bonchev–Trinajstić information content (AvgIpc) is 3.33. The van der Waals surface area contributed by atoms with Gasteiger partial charge in [0.2, 0.25) is 5.91 Å². The predicted octanol–water partition coefficient (Wildman–Crippen LogP) is 3.26. The predicted molar refractivity (Wildman–Crippen MR) is 119 cm³/mol. The van der Waals surface area contributed by atoms with Crippen molar-refractivity contribution in [2.45, 2.75) is 45.3 Å². The summed E-state index contributed by atoms with van der Waals surface area (Å²) < 4.78 is 0. The second-order valence-electron chi connectivity index (χ2n) is 8.79. The maximum Gasteiger partial charge on any atom is 0.262 e. The first-order valence-electron chi connectivity index (χ1n) is 10.9. The molecule has 0 aromatic heterocycles. The van der Waals surface area contributed by atoms with Crippen molar-refractivity contribution >= 4 is 17.7 Å². The van der Waals surface area contributed by atoms with Gasteiger partial charge >= 0.3 is 0 Å². The molecule has 0 saturated carbocycles. The molecule has 0 bridgehead atoms. The standard InChI is InChI=1S/C25H29N3O3/c1-16(2)22(28-24(30)20-11-7-8-12-21(20)25(28)31)23(29)26-19-13-14-27(15-19)17(3)18-9-5-4-6-10-18/h4-12,16-17,19,22H,13-15H2,1-3H3,(H,26,29). The van der Waals surface area contributed by atoms with Gasteiger partial charge in [0.1, 0.15) is 6.04 Å². The lowest BCUT2D eigenvalue weighted by atomic mass is 10.0. The fraction of sp³-hybridized carbons (Fsp3) is 0.400. The Kier molecular flexibility index (Phi) is 5.92. The maximum absolute atomic E-state index is 13.2. The van der Waals surface area contributed by atoms with Crippen LogP contribution in [0.2, 0.25) is 0 Å². The molecule has 2 aromatic carbocycles. The molecule has 2 aromatic rings. The highest BCUT2D eigenvalue weighted by Crippen LogP contribution is 2.28. The normalized spacial score (nSPS) is 20.8. The number of likely N-dealkylation sites (tertiary alicyclic amines) is 1. The third kappa shape index (κ3) is 4.00. The van der Waals surface area contributed by atoms with E-state index in [2.05, 4.69) is 29.3 Å². The van der Waals surface area contributed by atoms with Gasteiger partial charge in [-0.05, 0) is 37.0 Å². The Morgan fingerprint density at radius 2 is 1.52 bits per heavy atom. The number of fused-ring (bicyclic) bond motifs is 1. The largest absolute Gasteiger partial charge is 0.350 e. The van der Waals surface area contributed by atoms with E-state index in [9.17, 15) is 14.4 Å². The molecule has 1 fully saturated rings. The molecule has 1 N–H and O–H groups in total. The molecule has 2 aliphatic heterocycles. The van der Waals surface area contributed by atoms with Crippen LogP contribution in [0.3, 0.4) is 0 Å². The van der Waals surface area contributed by atoms with E-state index in [1.165, 1.54) is 5.56 Å². The summed E-state index contributed by atoms with van der Waals surface area (Å²) in [6.07, 6.45) is 0.843. The molecule has 2 aliphatic rings. The van der Waals surface area contributed by atoms with E-state index in [-0.39, 0.29) is 35.7 Å². The van der Waals surface area contributed by atoms with Crippen LogP contribution in [0.4, 0.5) is 0 Å². The van der Waals surface area contributed by atoms with Gasteiger partial charge in [-0.15, -0.1) is 0 Å². The zero-order valence-electron chi connectivity index (χ0n) is 18.2. The van der Waals surface area contributed by atoms with Crippen molar-refractivity contribution in [1.82, 2.24) is 15.1 Å². The Hall–Kier alpha value is -2.99. The highest BCUT2D eigenvalue weighted by atomic mass is 16.2. The molecular weight excluding hydrogens is 390 g/mol. The van der Waals surface area contributed by atoms with Crippen LogP contribution < -0.4 is 5.32 Å². The molecule has 4 rings (SSSR count). The van der Waals surface area contributed by atoms with Gasteiger partial charge in [-0.1, -0.05) is 56.3 Å². The number of hydrogen-bond donors (Lipinski definition) is 1. The van der Waals surface area contributed by atoms with Gasteiger partial charge in [-0.25, -0.2) is 0 Å². The summed E-state index contributed by atoms with van der Waals surface area (Å²) in [5.74, 6) is -1.23. The van der Waals surface area contributed by atoms with Crippen LogP contribution in [0.5, 0.6) is 0 Å². The van der Waals surface area contributed by atoms with Gasteiger partial charge < -0.3 is 5.32 Å². The molecule has 0 aliphatic carbocycles. The van der Waals surface area contributed by atoms with Crippen molar-refractivity contribution in [2.24, 2.45) is 5.92 Å². The zero-order valence-corrected chi connectivity index (χ0v) is 18.2. The van der Waals surface area contributed by atoms with E-state index in [1.54, 1.807) is 24.3 Å². The van der Waals surface area contributed by atoms with Gasteiger partial charge in [0.05, 0.1) is 11.1 Å². The van der Waals surface area contributed by atoms with Crippen molar-refractivity contribution in [3.8, 4) is 0 Å². The Bertz CT molecular complexity index is 954. The molecule has 162 valence electrons. The number of carbonyl (C=O) groups excluding carboxylic acids is 3. The van der Waals surface area contributed by atoms with Crippen LogP contribution in [0.1, 0.15) is 59.5 Å². The Balaban J connectivity index is 1.45. The Morgan fingerprint density at radius 3 is 2.10 bits per heavy atom. The molecule has 31 heavy (non-hydrogen) atoms. The summed E-state index contributed by atoms with van der Waals surface area (Å²) >= 11 is 0. The summed E-state index contributed by atoms with van der Waals surface area (Å²) in [4.78, 5) is 42.6. The number of nitrogens with one attached hydrogen (secondary N) is 1. The van der Waals surface area contributed by atoms with Gasteiger partial charge in [0, 0.05) is 25.2 Å². The fourth-order valence-electron chi connectivity index (χ4n) is 4.66. The molecule has 0 radical (unpaired) electrons. The first-order chi connectivity index (χ1) is 14.9. The van der Waals surface area contributed by atoms with E-state index in [1.807, 2.05) is 32.0 Å². The first kappa shape index (κ1) is 21.2. The summed E-state index contributed by atoms with van der Waals surface area (Å²) in [5, 5.41) is 3.11. The lowest BCUT2D eigenvalue weighted by Crippen LogP contribution is -2.54. The van der Waals surface area contributed by atoms with Crippen LogP contribution in [-0.4, -0.2) is 52.7 Å². The van der Waals surface area contributed by atoms with E-state index in [4.69, 9.17) is 0 Å². The number of hydrogen-bond acceptors (Lipinski definition) is 4. The number of nitrogens with zero attached hydrogens (tertiary/aromatic N) is 2. The molecule has 3 atom stereocenters. The number of benzene rings is 2. The fourth-order valence-corrected chi connectivity index (χ4v) is 4.66. The highest BCUT2D eigenvalue weighted by Gasteiger charge is 2.44. The van der Waals surface area contributed by atoms with Crippen LogP contribution in [0.15, 0.2) is 54.6 Å². The molecule has 3 unspecified atom stereocenters. The van der Waals surface area contributed by atoms with E-state index >= 15 is 0 Å². The number of amides is 3. The van der Waals surface area contributed by atoms with Gasteiger partial charge in [-0.3, -0.25) is 24.2 Å². The second-order valence-corrected chi connectivity index (χ2v) is 8.79. The first-order valence-corrected chi connectivity index (χ1v) is 10.9. The minimum Gasteiger partial charge on any atom is -0.350 e. The van der Waals surface area contributed by atoms with Crippen LogP contribution in [0, 0.1) is 5.92 Å². The molecule has 3 amide bonds. The summed E-state index contributed by atoms with van der Waals surface area (Å²) in [6, 6.07) is 16.5. The smallest absolute Gasteiger partial charge is 0.262 e. The molecule has 6 heteroatoms. The third-order valence-electron chi connectivity index (χ3n) is 6.40. The molecule has 0 spiro atoms. The summed E-state index contributed by atoms with van der Waals surface area (Å²) in [5.41, 5.74) is 1.99. The number of carbonyl (C=O) groups is 3. The van der Waals surface area contributed by atoms with Crippen LogP contribution >= 0.6 is 0 Å². The number of imide groups is 1. The molecule has 1 saturated heterocycles. The van der Waals surface area contributed by atoms with E-state index in [0.717, 1.165) is 24.4 Å². The average molecular weight is 420 g/mol. The third-order valence-corrected chi connectivity index (χ3v) is 6.40. The van der Waals surface area contributed by atoms with E-state index < -0.39 is 6.04 Å². The Labute approximate surface area is 183 Å². The van der Waals surface area contributed by atoms with Crippen LogP contribution in [-0.2, 0) is 4.79 Å². The van der Waals surface area contributed by atoms with Gasteiger partial charge in [0.15, 0.2) is 0 Å². The van der Waals surface area contributed by atoms with Crippen molar-refractivity contribution in [3.05, 3.63) is 71.3 Å². The van der Waals surface area contributed by atoms with Gasteiger partial charge in [-0.2, -0.15) is 0 Å². The minimum absolute atomic E-state index is 0.00454. The zero-order chi connectivity index (χ0) is 22.1. The summed E-state index contributed by atoms with van der Waals surface area (Å²) in [7, 11) is 0. The topological polar surface area (TPSA) is 69.7 Å². The SMILES string of the molecule is CC(C)C(C(=O)NC1CCN(C(C)c2ccccc2)C1)N1C(=O)c2ccccc2C1=O. The van der Waals surface area contributed by atoms with E-state index in [0.29, 0.717) is 11.1 Å². The van der Waals surface area contributed by atoms with Crippen molar-refractivity contribution in [2.75, 3.05) is 13.1 Å². The maximum atomic E-state index is 13.2. The summed E-state index contributed by atoms with van der Waals surface area (Å²) in [6.45, 7) is 7.54. The highest BCUT2D eigenvalue weighted by molar-refractivity contribution is 6.22. The monoisotopic (exact) mass is 419 g/mol. The minimum atomic E-state index is -0.826. The quantitative estimate of drug-likeness (QED) is 0.730. The number of rotatable bonds is 6. The van der Waals surface area contributed by atoms with Crippen LogP contribution in [0.25, 0.3) is 0 Å². The van der Waals surface area contributed by atoms with Crippen molar-refractivity contribution < 1.29 is 14.4 Å². The molecular formula is C25H29N3O3. The lowest BCUT2D eigenvalue weighted by molar-refractivity contribution is -0.127. The molecule has 2 heterocycles. The van der Waals surface area contributed by atoms with Crippen molar-refractivity contribution in [1.29, 1.82) is 0 Å². The van der Waals surface area contributed by atoms with Crippen molar-refractivity contribution in [3.63, 3.8) is 0 Å².